The maximum atomic E-state index is 12.1. The maximum Gasteiger partial charge on any atom is 0.266 e. The van der Waals surface area contributed by atoms with Crippen LogP contribution in [0.25, 0.3) is 0 Å². The summed E-state index contributed by atoms with van der Waals surface area (Å²) in [7, 11) is 0. The first-order chi connectivity index (χ1) is 8.72. The molecule has 0 atom stereocenters. The third kappa shape index (κ3) is 4.04. The molecule has 18 heavy (non-hydrogen) atoms. The average Bonchev–Trinajstić information content (AvgIpc) is 2.43. The summed E-state index contributed by atoms with van der Waals surface area (Å²) in [6, 6.07) is 1.97. The van der Waals surface area contributed by atoms with Crippen LogP contribution in [0, 0.1) is 11.3 Å². The van der Waals surface area contributed by atoms with Gasteiger partial charge in [0.2, 0.25) is 0 Å². The minimum absolute atomic E-state index is 0.0148. The second-order valence-corrected chi connectivity index (χ2v) is 4.36. The van der Waals surface area contributed by atoms with Crippen molar-refractivity contribution in [3.63, 3.8) is 0 Å². The number of aliphatic hydroxyl groups is 1. The fraction of sp³-hybridized carbons (Fsp3) is 0.692. The van der Waals surface area contributed by atoms with Gasteiger partial charge in [0.1, 0.15) is 11.6 Å². The van der Waals surface area contributed by atoms with E-state index in [1.165, 1.54) is 0 Å². The number of nitrogens with zero attached hydrogens (tertiary/aromatic N) is 3. The molecule has 0 radical (unpaired) electrons. The Kier molecular flexibility index (Phi) is 6.23. The van der Waals surface area contributed by atoms with Gasteiger partial charge in [-0.05, 0) is 26.2 Å². The molecule has 0 bridgehead atoms. The Balaban J connectivity index is 2.71. The third-order valence-electron chi connectivity index (χ3n) is 3.10. The quantitative estimate of drug-likeness (QED) is 0.577. The zero-order valence-electron chi connectivity index (χ0n) is 10.9. The Labute approximate surface area is 108 Å². The van der Waals surface area contributed by atoms with Crippen LogP contribution < -0.4 is 0 Å². The van der Waals surface area contributed by atoms with Crippen LogP contribution in [-0.2, 0) is 4.79 Å². The molecule has 1 amide bonds. The predicted molar refractivity (Wildman–Crippen MR) is 68.5 cm³/mol. The van der Waals surface area contributed by atoms with Crippen molar-refractivity contribution in [1.82, 2.24) is 9.80 Å². The molecule has 0 aliphatic carbocycles. The van der Waals surface area contributed by atoms with E-state index in [1.54, 1.807) is 16.0 Å². The predicted octanol–water partition coefficient (Wildman–Crippen LogP) is 0.721. The summed E-state index contributed by atoms with van der Waals surface area (Å²) in [4.78, 5) is 15.7. The Morgan fingerprint density at radius 1 is 1.44 bits per heavy atom. The Bertz CT molecular complexity index is 341. The number of piperidine rings is 1. The number of aliphatic hydroxyl groups excluding tert-OH is 1. The molecule has 0 unspecified atom stereocenters. The van der Waals surface area contributed by atoms with E-state index in [-0.39, 0.29) is 18.1 Å². The van der Waals surface area contributed by atoms with Gasteiger partial charge in [-0.15, -0.1) is 0 Å². The number of hydrogen-bond acceptors (Lipinski definition) is 4. The Morgan fingerprint density at radius 3 is 2.61 bits per heavy atom. The molecule has 0 spiro atoms. The van der Waals surface area contributed by atoms with Gasteiger partial charge in [0, 0.05) is 32.4 Å². The Morgan fingerprint density at radius 2 is 2.11 bits per heavy atom. The number of likely N-dealkylation sites (tertiary alicyclic amines) is 1. The minimum atomic E-state index is -0.186. The van der Waals surface area contributed by atoms with Crippen molar-refractivity contribution in [3.8, 4) is 6.07 Å². The van der Waals surface area contributed by atoms with Crippen LogP contribution in [0.1, 0.15) is 26.2 Å². The lowest BCUT2D eigenvalue weighted by Crippen LogP contribution is -2.37. The number of carbonyl (C=O) groups is 1. The van der Waals surface area contributed by atoms with Crippen molar-refractivity contribution in [1.29, 1.82) is 5.26 Å². The zero-order chi connectivity index (χ0) is 13.4. The molecule has 1 N–H and O–H groups in total. The molecule has 0 aromatic carbocycles. The number of rotatable bonds is 5. The van der Waals surface area contributed by atoms with Crippen LogP contribution in [-0.4, -0.2) is 53.6 Å². The highest BCUT2D eigenvalue weighted by Crippen LogP contribution is 2.12. The van der Waals surface area contributed by atoms with Crippen molar-refractivity contribution >= 4 is 5.91 Å². The van der Waals surface area contributed by atoms with Gasteiger partial charge in [0.05, 0.1) is 6.61 Å². The normalized spacial score (nSPS) is 16.3. The second kappa shape index (κ2) is 7.72. The van der Waals surface area contributed by atoms with E-state index in [4.69, 9.17) is 10.4 Å². The first-order valence-corrected chi connectivity index (χ1v) is 6.49. The van der Waals surface area contributed by atoms with Crippen molar-refractivity contribution in [2.75, 3.05) is 32.8 Å². The SMILES string of the molecule is CCN(/C=C(/C#N)C(=O)N1CCCCC1)CCO. The smallest absolute Gasteiger partial charge is 0.266 e. The van der Waals surface area contributed by atoms with Gasteiger partial charge in [-0.3, -0.25) is 4.79 Å². The molecular formula is C13H21N3O2. The van der Waals surface area contributed by atoms with Gasteiger partial charge in [-0.25, -0.2) is 0 Å². The van der Waals surface area contributed by atoms with E-state index < -0.39 is 0 Å². The lowest BCUT2D eigenvalue weighted by atomic mass is 10.1. The number of amides is 1. The molecule has 1 fully saturated rings. The fourth-order valence-corrected chi connectivity index (χ4v) is 2.02. The molecule has 0 saturated carbocycles. The van der Waals surface area contributed by atoms with Gasteiger partial charge in [0.25, 0.3) is 5.91 Å². The second-order valence-electron chi connectivity index (χ2n) is 4.36. The number of carbonyl (C=O) groups excluding carboxylic acids is 1. The standard InChI is InChI=1S/C13H21N3O2/c1-2-15(8-9-17)11-12(10-14)13(18)16-6-4-3-5-7-16/h11,17H,2-9H2,1H3/b12-11-. The lowest BCUT2D eigenvalue weighted by molar-refractivity contribution is -0.127. The topological polar surface area (TPSA) is 67.6 Å². The van der Waals surface area contributed by atoms with Crippen LogP contribution in [0.2, 0.25) is 0 Å². The van der Waals surface area contributed by atoms with Crippen LogP contribution >= 0.6 is 0 Å². The van der Waals surface area contributed by atoms with E-state index in [9.17, 15) is 4.79 Å². The maximum absolute atomic E-state index is 12.1. The summed E-state index contributed by atoms with van der Waals surface area (Å²) in [5.74, 6) is -0.186. The van der Waals surface area contributed by atoms with E-state index in [0.29, 0.717) is 13.1 Å². The van der Waals surface area contributed by atoms with Gasteiger partial charge in [-0.2, -0.15) is 5.26 Å². The zero-order valence-corrected chi connectivity index (χ0v) is 10.9. The summed E-state index contributed by atoms with van der Waals surface area (Å²) in [5, 5.41) is 18.0. The Hall–Kier alpha value is -1.54. The van der Waals surface area contributed by atoms with E-state index in [1.807, 2.05) is 13.0 Å². The average molecular weight is 251 g/mol. The van der Waals surface area contributed by atoms with Gasteiger partial charge < -0.3 is 14.9 Å². The van der Waals surface area contributed by atoms with Crippen LogP contribution in [0.5, 0.6) is 0 Å². The third-order valence-corrected chi connectivity index (χ3v) is 3.10. The molecule has 1 saturated heterocycles. The first kappa shape index (κ1) is 14.5. The molecule has 0 aromatic heterocycles. The molecule has 1 rings (SSSR count). The molecule has 0 aromatic rings. The van der Waals surface area contributed by atoms with Gasteiger partial charge in [-0.1, -0.05) is 0 Å². The summed E-state index contributed by atoms with van der Waals surface area (Å²) in [6.45, 7) is 4.52. The monoisotopic (exact) mass is 251 g/mol. The van der Waals surface area contributed by atoms with Crippen molar-refractivity contribution in [2.45, 2.75) is 26.2 Å². The lowest BCUT2D eigenvalue weighted by Gasteiger charge is -2.27. The largest absolute Gasteiger partial charge is 0.395 e. The summed E-state index contributed by atoms with van der Waals surface area (Å²) in [5.41, 5.74) is 0.159. The fourth-order valence-electron chi connectivity index (χ4n) is 2.02. The molecule has 1 heterocycles. The highest BCUT2D eigenvalue weighted by molar-refractivity contribution is 5.97. The highest BCUT2D eigenvalue weighted by Gasteiger charge is 2.20. The molecule has 5 nitrogen and oxygen atoms in total. The van der Waals surface area contributed by atoms with Crippen molar-refractivity contribution in [3.05, 3.63) is 11.8 Å². The van der Waals surface area contributed by atoms with Crippen LogP contribution in [0.3, 0.4) is 0 Å². The number of nitriles is 1. The van der Waals surface area contributed by atoms with E-state index in [2.05, 4.69) is 0 Å². The minimum Gasteiger partial charge on any atom is -0.395 e. The molecule has 5 heteroatoms. The van der Waals surface area contributed by atoms with Crippen LogP contribution in [0.4, 0.5) is 0 Å². The summed E-state index contributed by atoms with van der Waals surface area (Å²) < 4.78 is 0. The number of likely N-dealkylation sites (N-methyl/N-ethyl adjacent to an activating group) is 1. The first-order valence-electron chi connectivity index (χ1n) is 6.49. The van der Waals surface area contributed by atoms with Crippen LogP contribution in [0.15, 0.2) is 11.8 Å². The van der Waals surface area contributed by atoms with Crippen molar-refractivity contribution < 1.29 is 9.90 Å². The molecule has 100 valence electrons. The van der Waals surface area contributed by atoms with Crippen molar-refractivity contribution in [2.24, 2.45) is 0 Å². The number of hydrogen-bond donors (Lipinski definition) is 1. The summed E-state index contributed by atoms with van der Waals surface area (Å²) in [6.07, 6.45) is 4.74. The molecular weight excluding hydrogens is 230 g/mol. The van der Waals surface area contributed by atoms with E-state index >= 15 is 0 Å². The molecule has 1 aliphatic rings. The molecule has 1 aliphatic heterocycles. The van der Waals surface area contributed by atoms with E-state index in [0.717, 1.165) is 32.4 Å². The van der Waals surface area contributed by atoms with Gasteiger partial charge in [0.15, 0.2) is 0 Å². The highest BCUT2D eigenvalue weighted by atomic mass is 16.3. The van der Waals surface area contributed by atoms with Gasteiger partial charge >= 0.3 is 0 Å². The summed E-state index contributed by atoms with van der Waals surface area (Å²) >= 11 is 0.